The molecule has 0 radical (unpaired) electrons. The van der Waals surface area contributed by atoms with Crippen LogP contribution in [-0.4, -0.2) is 43.3 Å². The van der Waals surface area contributed by atoms with Gasteiger partial charge in [0.15, 0.2) is 15.7 Å². The number of nitrogens with one attached hydrogen (secondary N) is 3. The lowest BCUT2D eigenvalue weighted by Gasteiger charge is -2.31. The van der Waals surface area contributed by atoms with E-state index in [4.69, 9.17) is 16.3 Å². The van der Waals surface area contributed by atoms with E-state index < -0.39 is 15.1 Å². The van der Waals surface area contributed by atoms with Crippen molar-refractivity contribution in [3.63, 3.8) is 0 Å². The Hall–Kier alpha value is -2.88. The molecule has 0 spiro atoms. The highest BCUT2D eigenvalue weighted by molar-refractivity contribution is 7.92. The topological polar surface area (TPSA) is 105 Å². The third-order valence-corrected chi connectivity index (χ3v) is 9.74. The molecule has 8 nitrogen and oxygen atoms in total. The van der Waals surface area contributed by atoms with Crippen molar-refractivity contribution < 1.29 is 13.2 Å². The van der Waals surface area contributed by atoms with Crippen LogP contribution < -0.4 is 20.7 Å². The number of piperidine rings is 1. The smallest absolute Gasteiger partial charge is 0.229 e. The summed E-state index contributed by atoms with van der Waals surface area (Å²) < 4.78 is 32.1. The number of ether oxygens (including phenoxy) is 1. The van der Waals surface area contributed by atoms with E-state index in [2.05, 4.69) is 38.9 Å². The fourth-order valence-corrected chi connectivity index (χ4v) is 6.59. The van der Waals surface area contributed by atoms with Crippen molar-refractivity contribution in [2.24, 2.45) is 0 Å². The van der Waals surface area contributed by atoms with Crippen LogP contribution in [0.2, 0.25) is 5.02 Å². The molecule has 38 heavy (non-hydrogen) atoms. The number of hydrogen-bond donors (Lipinski definition) is 3. The van der Waals surface area contributed by atoms with Crippen LogP contribution in [-0.2, 0) is 16.3 Å². The lowest BCUT2D eigenvalue weighted by atomic mass is 9.84. The first kappa shape index (κ1) is 26.7. The summed E-state index contributed by atoms with van der Waals surface area (Å²) in [6.07, 6.45) is 5.58. The molecule has 3 heterocycles. The molecule has 202 valence electrons. The van der Waals surface area contributed by atoms with Gasteiger partial charge in [-0.25, -0.2) is 13.4 Å². The van der Waals surface area contributed by atoms with Crippen LogP contribution in [0.5, 0.6) is 5.75 Å². The summed E-state index contributed by atoms with van der Waals surface area (Å²) in [5, 5.41) is 9.69. The number of aryl methyl sites for hydroxylation is 1. The first-order valence-electron chi connectivity index (χ1n) is 13.1. The van der Waals surface area contributed by atoms with Crippen LogP contribution in [0.15, 0.2) is 41.4 Å². The molecule has 0 saturated carbocycles. The Morgan fingerprint density at radius 3 is 2.66 bits per heavy atom. The van der Waals surface area contributed by atoms with Crippen LogP contribution >= 0.6 is 11.6 Å². The second-order valence-corrected chi connectivity index (χ2v) is 13.0. The minimum Gasteiger partial charge on any atom is -0.493 e. The number of halogens is 1. The molecule has 0 amide bonds. The standard InChI is InChI=1S/C28H34ClN5O3S/c1-17(2)38(35,36)24-9-5-4-8-22(24)32-27-21(29)16-31-28(34-27)33-23-15-18(3)25(19-10-12-30-13-11-19)26-20(23)7-6-14-37-26/h4-5,8-9,15-17,19,30H,6-7,10-14H2,1-3H3,(H2,31,32,33,34). The number of fused-ring (bicyclic) bond motifs is 1. The molecule has 3 N–H and O–H groups in total. The lowest BCUT2D eigenvalue weighted by molar-refractivity contribution is 0.281. The van der Waals surface area contributed by atoms with Crippen molar-refractivity contribution in [1.82, 2.24) is 15.3 Å². The maximum absolute atomic E-state index is 12.9. The van der Waals surface area contributed by atoms with Crippen LogP contribution in [0, 0.1) is 6.92 Å². The highest BCUT2D eigenvalue weighted by atomic mass is 35.5. The molecule has 1 fully saturated rings. The average molecular weight is 556 g/mol. The van der Waals surface area contributed by atoms with Crippen LogP contribution in [0.4, 0.5) is 23.1 Å². The van der Waals surface area contributed by atoms with Crippen LogP contribution in [0.1, 0.15) is 55.7 Å². The molecule has 0 atom stereocenters. The van der Waals surface area contributed by atoms with Gasteiger partial charge in [-0.05, 0) is 89.2 Å². The van der Waals surface area contributed by atoms with Gasteiger partial charge in [-0.2, -0.15) is 4.98 Å². The van der Waals surface area contributed by atoms with Gasteiger partial charge in [0, 0.05) is 16.8 Å². The lowest BCUT2D eigenvalue weighted by Crippen LogP contribution is -2.28. The van der Waals surface area contributed by atoms with Gasteiger partial charge >= 0.3 is 0 Å². The van der Waals surface area contributed by atoms with Gasteiger partial charge in [0.2, 0.25) is 5.95 Å². The van der Waals surface area contributed by atoms with Crippen molar-refractivity contribution in [3.05, 3.63) is 58.2 Å². The molecule has 3 aromatic rings. The summed E-state index contributed by atoms with van der Waals surface area (Å²) in [5.41, 5.74) is 5.01. The third-order valence-electron chi connectivity index (χ3n) is 7.25. The van der Waals surface area contributed by atoms with Gasteiger partial charge in [0.05, 0.1) is 28.6 Å². The summed E-state index contributed by atoms with van der Waals surface area (Å²) in [5.74, 6) is 2.18. The predicted molar refractivity (Wildman–Crippen MR) is 152 cm³/mol. The maximum Gasteiger partial charge on any atom is 0.229 e. The van der Waals surface area contributed by atoms with E-state index in [1.54, 1.807) is 38.1 Å². The molecular formula is C28H34ClN5O3S. The number of rotatable bonds is 7. The second-order valence-electron chi connectivity index (χ2n) is 10.2. The molecule has 0 bridgehead atoms. The van der Waals surface area contributed by atoms with Gasteiger partial charge in [-0.3, -0.25) is 0 Å². The summed E-state index contributed by atoms with van der Waals surface area (Å²) in [4.78, 5) is 9.22. The molecule has 1 aromatic heterocycles. The highest BCUT2D eigenvalue weighted by Gasteiger charge is 2.28. The average Bonchev–Trinajstić information content (AvgIpc) is 2.91. The van der Waals surface area contributed by atoms with Gasteiger partial charge in [-0.1, -0.05) is 23.7 Å². The van der Waals surface area contributed by atoms with Crippen LogP contribution in [0.25, 0.3) is 0 Å². The Balaban J connectivity index is 1.47. The van der Waals surface area contributed by atoms with Crippen LogP contribution in [0.3, 0.4) is 0 Å². The number of hydrogen-bond acceptors (Lipinski definition) is 8. The normalized spacial score (nSPS) is 16.1. The second kappa shape index (κ2) is 11.1. The Kier molecular flexibility index (Phi) is 7.79. The van der Waals surface area contributed by atoms with Gasteiger partial charge in [0.25, 0.3) is 0 Å². The molecule has 10 heteroatoms. The number of para-hydroxylation sites is 1. The fourth-order valence-electron chi connectivity index (χ4n) is 5.25. The number of benzene rings is 2. The molecule has 0 aliphatic carbocycles. The zero-order valence-electron chi connectivity index (χ0n) is 22.0. The van der Waals surface area contributed by atoms with E-state index in [1.807, 2.05) is 0 Å². The van der Waals surface area contributed by atoms with Crippen molar-refractivity contribution in [3.8, 4) is 5.75 Å². The number of sulfone groups is 1. The van der Waals surface area contributed by atoms with E-state index in [-0.39, 0.29) is 9.92 Å². The number of anilines is 4. The molecule has 2 aliphatic rings. The largest absolute Gasteiger partial charge is 0.493 e. The van der Waals surface area contributed by atoms with E-state index in [0.29, 0.717) is 23.4 Å². The fraction of sp³-hybridized carbons (Fsp3) is 0.429. The number of aromatic nitrogens is 2. The Morgan fingerprint density at radius 1 is 1.13 bits per heavy atom. The SMILES string of the molecule is Cc1cc(Nc2ncc(Cl)c(Nc3ccccc3S(=O)(=O)C(C)C)n2)c2c(c1C1CCNCC1)OCCC2. The highest BCUT2D eigenvalue weighted by Crippen LogP contribution is 2.44. The first-order chi connectivity index (χ1) is 18.3. The zero-order chi connectivity index (χ0) is 26.9. The summed E-state index contributed by atoms with van der Waals surface area (Å²) >= 11 is 6.44. The Labute approximate surface area is 229 Å². The van der Waals surface area contributed by atoms with E-state index in [0.717, 1.165) is 62.4 Å². The predicted octanol–water partition coefficient (Wildman–Crippen LogP) is 5.90. The summed E-state index contributed by atoms with van der Waals surface area (Å²) in [7, 11) is -3.51. The third kappa shape index (κ3) is 5.32. The molecular weight excluding hydrogens is 522 g/mol. The van der Waals surface area contributed by atoms with Crippen molar-refractivity contribution >= 4 is 44.6 Å². The van der Waals surface area contributed by atoms with Crippen molar-refractivity contribution in [2.45, 2.75) is 62.5 Å². The molecule has 1 saturated heterocycles. The monoisotopic (exact) mass is 555 g/mol. The first-order valence-corrected chi connectivity index (χ1v) is 15.1. The summed E-state index contributed by atoms with van der Waals surface area (Å²) in [6.45, 7) is 8.23. The van der Waals surface area contributed by atoms with Crippen molar-refractivity contribution in [2.75, 3.05) is 30.3 Å². The maximum atomic E-state index is 12.9. The summed E-state index contributed by atoms with van der Waals surface area (Å²) in [6, 6.07) is 8.94. The minimum atomic E-state index is -3.51. The van der Waals surface area contributed by atoms with Crippen molar-refractivity contribution in [1.29, 1.82) is 0 Å². The Bertz CT molecular complexity index is 1440. The van der Waals surface area contributed by atoms with Gasteiger partial charge in [0.1, 0.15) is 10.8 Å². The van der Waals surface area contributed by atoms with E-state index in [1.165, 1.54) is 17.3 Å². The quantitative estimate of drug-likeness (QED) is 0.331. The molecule has 5 rings (SSSR count). The zero-order valence-corrected chi connectivity index (χ0v) is 23.5. The molecule has 0 unspecified atom stereocenters. The van der Waals surface area contributed by atoms with E-state index in [9.17, 15) is 8.42 Å². The van der Waals surface area contributed by atoms with Gasteiger partial charge < -0.3 is 20.7 Å². The van der Waals surface area contributed by atoms with Gasteiger partial charge in [-0.15, -0.1) is 0 Å². The Morgan fingerprint density at radius 2 is 1.89 bits per heavy atom. The molecule has 2 aliphatic heterocycles. The molecule has 2 aromatic carbocycles. The number of nitrogens with zero attached hydrogens (tertiary/aromatic N) is 2. The van der Waals surface area contributed by atoms with E-state index >= 15 is 0 Å². The minimum absolute atomic E-state index is 0.203.